The van der Waals surface area contributed by atoms with Crippen LogP contribution in [0.5, 0.6) is 0 Å². The van der Waals surface area contributed by atoms with E-state index in [0.717, 1.165) is 19.3 Å². The van der Waals surface area contributed by atoms with E-state index in [1.54, 1.807) is 6.92 Å². The number of quaternary nitrogens is 1. The van der Waals surface area contributed by atoms with Crippen molar-refractivity contribution in [2.75, 3.05) is 19.7 Å². The molecule has 0 aromatic rings. The highest BCUT2D eigenvalue weighted by atomic mass is 16.4. The molecule has 0 aliphatic carbocycles. The molecular weight excluding hydrogens is 210 g/mol. The molecule has 0 saturated carbocycles. The van der Waals surface area contributed by atoms with E-state index in [-0.39, 0.29) is 19.1 Å². The molecule has 98 valence electrons. The maximum Gasteiger partial charge on any atom is 0.102 e. The number of aliphatic hydroxyl groups is 2. The Hall–Kier alpha value is -0.650. The number of unbranched alkanes of at least 4 members (excludes halogenated alkanes) is 2. The Morgan fingerprint density at radius 1 is 1.44 bits per heavy atom. The number of aliphatic hydroxyl groups excluding tert-OH is 2. The van der Waals surface area contributed by atoms with Gasteiger partial charge in [-0.25, -0.2) is 0 Å². The lowest BCUT2D eigenvalue weighted by atomic mass is 10.2. The minimum absolute atomic E-state index is 0.187. The maximum absolute atomic E-state index is 9.76. The van der Waals surface area contributed by atoms with Crippen LogP contribution in [0.4, 0.5) is 0 Å². The molecule has 1 unspecified atom stereocenters. The summed E-state index contributed by atoms with van der Waals surface area (Å²) in [6.07, 6.45) is 2.77. The third-order valence-corrected chi connectivity index (χ3v) is 1.83. The van der Waals surface area contributed by atoms with Crippen molar-refractivity contribution in [3.8, 4) is 0 Å². The first-order chi connectivity index (χ1) is 7.54. The van der Waals surface area contributed by atoms with E-state index >= 15 is 0 Å². The van der Waals surface area contributed by atoms with Gasteiger partial charge in [-0.05, 0) is 19.8 Å². The van der Waals surface area contributed by atoms with Crippen molar-refractivity contribution in [2.24, 2.45) is 0 Å². The Morgan fingerprint density at radius 2 is 2.06 bits per heavy atom. The fourth-order valence-electron chi connectivity index (χ4n) is 0.970. The van der Waals surface area contributed by atoms with Crippen molar-refractivity contribution in [3.63, 3.8) is 0 Å². The number of nitrogens with two attached hydrogens (primary N) is 1. The van der Waals surface area contributed by atoms with Gasteiger partial charge in [-0.2, -0.15) is 0 Å². The van der Waals surface area contributed by atoms with Gasteiger partial charge in [-0.15, -0.1) is 0 Å². The Labute approximate surface area is 97.5 Å². The second-order valence-electron chi connectivity index (χ2n) is 3.71. The summed E-state index contributed by atoms with van der Waals surface area (Å²) in [5.41, 5.74) is 0. The van der Waals surface area contributed by atoms with Crippen LogP contribution in [0.25, 0.3) is 0 Å². The summed E-state index contributed by atoms with van der Waals surface area (Å²) < 4.78 is 0. The smallest absolute Gasteiger partial charge is 0.102 e. The van der Waals surface area contributed by atoms with Crippen LogP contribution in [-0.2, 0) is 4.79 Å². The summed E-state index contributed by atoms with van der Waals surface area (Å²) >= 11 is 0. The number of rotatable bonds is 8. The molecule has 0 heterocycles. The number of aliphatic carboxylic acids is 1. The van der Waals surface area contributed by atoms with E-state index in [2.05, 4.69) is 0 Å². The van der Waals surface area contributed by atoms with Gasteiger partial charge in [0, 0.05) is 5.97 Å². The summed E-state index contributed by atoms with van der Waals surface area (Å²) in [5, 5.41) is 28.6. The standard InChI is InChI=1S/C6H12O2.C5H13NO2/c1-2-3-4-5-6(7)8;1-5(8)4-6-2-3-7/h2-5H2,1H3,(H,7,8);5-8H,2-4H2,1H3. The van der Waals surface area contributed by atoms with E-state index in [0.29, 0.717) is 13.1 Å². The molecule has 5 heteroatoms. The van der Waals surface area contributed by atoms with Crippen molar-refractivity contribution in [3.05, 3.63) is 0 Å². The van der Waals surface area contributed by atoms with Gasteiger partial charge in [0.2, 0.25) is 0 Å². The van der Waals surface area contributed by atoms with E-state index in [9.17, 15) is 9.90 Å². The first-order valence-electron chi connectivity index (χ1n) is 5.85. The number of carbonyl (C=O) groups excluding carboxylic acids is 1. The molecular formula is C11H25NO4. The van der Waals surface area contributed by atoms with Gasteiger partial charge in [0.15, 0.2) is 0 Å². The molecule has 0 aromatic carbocycles. The highest BCUT2D eigenvalue weighted by molar-refractivity contribution is 5.63. The van der Waals surface area contributed by atoms with E-state index in [1.807, 2.05) is 12.2 Å². The molecule has 0 aliphatic rings. The van der Waals surface area contributed by atoms with Crippen LogP contribution in [0.15, 0.2) is 0 Å². The van der Waals surface area contributed by atoms with Crippen LogP contribution in [-0.4, -0.2) is 42.0 Å². The zero-order chi connectivity index (χ0) is 12.8. The second kappa shape index (κ2) is 14.3. The van der Waals surface area contributed by atoms with Crippen molar-refractivity contribution in [1.82, 2.24) is 0 Å². The fraction of sp³-hybridized carbons (Fsp3) is 0.909. The van der Waals surface area contributed by atoms with Crippen molar-refractivity contribution >= 4 is 5.97 Å². The molecule has 0 aromatic heterocycles. The number of hydrogen-bond donors (Lipinski definition) is 3. The molecule has 0 radical (unpaired) electrons. The zero-order valence-electron chi connectivity index (χ0n) is 10.3. The minimum Gasteiger partial charge on any atom is -0.550 e. The molecule has 5 nitrogen and oxygen atoms in total. The Bertz CT molecular complexity index is 151. The SMILES string of the molecule is CC(O)C[NH2+]CCO.CCCCCC(=O)[O-]. The average Bonchev–Trinajstić information content (AvgIpc) is 2.18. The minimum atomic E-state index is -0.932. The number of hydrogen-bond acceptors (Lipinski definition) is 4. The Balaban J connectivity index is 0. The molecule has 0 spiro atoms. The predicted molar refractivity (Wildman–Crippen MR) is 59.6 cm³/mol. The van der Waals surface area contributed by atoms with Crippen molar-refractivity contribution in [1.29, 1.82) is 0 Å². The lowest BCUT2D eigenvalue weighted by molar-refractivity contribution is -0.661. The van der Waals surface area contributed by atoms with Gasteiger partial charge in [-0.1, -0.05) is 19.8 Å². The summed E-state index contributed by atoms with van der Waals surface area (Å²) in [7, 11) is 0. The molecule has 0 bridgehead atoms. The second-order valence-corrected chi connectivity index (χ2v) is 3.71. The van der Waals surface area contributed by atoms with E-state index < -0.39 is 5.97 Å². The summed E-state index contributed by atoms with van der Waals surface area (Å²) in [4.78, 5) is 9.76. The summed E-state index contributed by atoms with van der Waals surface area (Å²) in [6.45, 7) is 5.32. The van der Waals surface area contributed by atoms with Gasteiger partial charge in [0.25, 0.3) is 0 Å². The normalized spacial score (nSPS) is 11.5. The van der Waals surface area contributed by atoms with Crippen LogP contribution in [0.3, 0.4) is 0 Å². The Morgan fingerprint density at radius 3 is 2.44 bits per heavy atom. The van der Waals surface area contributed by atoms with E-state index in [1.165, 1.54) is 0 Å². The van der Waals surface area contributed by atoms with Gasteiger partial charge >= 0.3 is 0 Å². The Kier molecular flexibility index (Phi) is 15.9. The topological polar surface area (TPSA) is 97.2 Å². The monoisotopic (exact) mass is 235 g/mol. The summed E-state index contributed by atoms with van der Waals surface area (Å²) in [5.74, 6) is -0.932. The number of carboxylic acid groups (broad SMARTS) is 1. The lowest BCUT2D eigenvalue weighted by Crippen LogP contribution is -2.87. The van der Waals surface area contributed by atoms with Gasteiger partial charge in [-0.3, -0.25) is 0 Å². The van der Waals surface area contributed by atoms with Crippen molar-refractivity contribution in [2.45, 2.75) is 45.6 Å². The summed E-state index contributed by atoms with van der Waals surface area (Å²) in [6, 6.07) is 0. The number of carbonyl (C=O) groups is 1. The lowest BCUT2D eigenvalue weighted by Gasteiger charge is -1.99. The van der Waals surface area contributed by atoms with Gasteiger partial charge < -0.3 is 25.4 Å². The first kappa shape index (κ1) is 17.7. The average molecular weight is 235 g/mol. The zero-order valence-corrected chi connectivity index (χ0v) is 10.3. The van der Waals surface area contributed by atoms with Crippen LogP contribution in [0.1, 0.15) is 39.5 Å². The quantitative estimate of drug-likeness (QED) is 0.434. The molecule has 0 rings (SSSR count). The highest BCUT2D eigenvalue weighted by Crippen LogP contribution is 1.96. The third kappa shape index (κ3) is 23.3. The maximum atomic E-state index is 9.76. The molecule has 4 N–H and O–H groups in total. The van der Waals surface area contributed by atoms with Crippen molar-refractivity contribution < 1.29 is 25.4 Å². The number of carboxylic acids is 1. The highest BCUT2D eigenvalue weighted by Gasteiger charge is 1.94. The van der Waals surface area contributed by atoms with Gasteiger partial charge in [0.1, 0.15) is 6.54 Å². The predicted octanol–water partition coefficient (Wildman–Crippen LogP) is -1.76. The molecule has 1 atom stereocenters. The molecule has 0 aliphatic heterocycles. The molecule has 0 fully saturated rings. The molecule has 16 heavy (non-hydrogen) atoms. The van der Waals surface area contributed by atoms with Crippen LogP contribution in [0.2, 0.25) is 0 Å². The van der Waals surface area contributed by atoms with Crippen LogP contribution < -0.4 is 10.4 Å². The van der Waals surface area contributed by atoms with Gasteiger partial charge in [0.05, 0.1) is 19.3 Å². The molecule has 0 amide bonds. The fourth-order valence-corrected chi connectivity index (χ4v) is 0.970. The van der Waals surface area contributed by atoms with Crippen LogP contribution in [0, 0.1) is 0 Å². The largest absolute Gasteiger partial charge is 0.550 e. The molecule has 0 saturated heterocycles. The van der Waals surface area contributed by atoms with E-state index in [4.69, 9.17) is 10.2 Å². The first-order valence-corrected chi connectivity index (χ1v) is 5.85. The van der Waals surface area contributed by atoms with Crippen LogP contribution >= 0.6 is 0 Å². The third-order valence-electron chi connectivity index (χ3n) is 1.83.